The summed E-state index contributed by atoms with van der Waals surface area (Å²) in [5.41, 5.74) is 3.29. The first-order valence-electron chi connectivity index (χ1n) is 9.46. The number of carbonyl (C=O) groups is 1. The maximum Gasteiger partial charge on any atom is 0.246 e. The average molecular weight is 508 g/mol. The van der Waals surface area contributed by atoms with Crippen LogP contribution in [0.3, 0.4) is 0 Å². The van der Waals surface area contributed by atoms with Crippen molar-refractivity contribution in [3.05, 3.63) is 53.6 Å². The van der Waals surface area contributed by atoms with Crippen molar-refractivity contribution >= 4 is 41.5 Å². The number of rotatable bonds is 4. The second-order valence-corrected chi connectivity index (χ2v) is 6.74. The number of nitrogens with one attached hydrogen (secondary N) is 2. The van der Waals surface area contributed by atoms with Crippen molar-refractivity contribution < 1.29 is 14.3 Å². The molecule has 1 amide bonds. The number of para-hydroxylation sites is 1. The Morgan fingerprint density at radius 3 is 2.83 bits per heavy atom. The topological polar surface area (TPSA) is 75.2 Å². The van der Waals surface area contributed by atoms with Crippen LogP contribution in [-0.4, -0.2) is 38.8 Å². The molecule has 2 aromatic rings. The number of anilines is 1. The molecule has 154 valence electrons. The van der Waals surface area contributed by atoms with E-state index in [1.54, 1.807) is 7.05 Å². The number of carbonyl (C=O) groups excluding carboxylic acids is 1. The predicted molar refractivity (Wildman–Crippen MR) is 123 cm³/mol. The lowest BCUT2D eigenvalue weighted by Gasteiger charge is -2.29. The summed E-state index contributed by atoms with van der Waals surface area (Å²) in [6.07, 6.45) is 2.01. The van der Waals surface area contributed by atoms with Crippen LogP contribution in [0.1, 0.15) is 17.5 Å². The van der Waals surface area contributed by atoms with E-state index >= 15 is 0 Å². The van der Waals surface area contributed by atoms with Crippen molar-refractivity contribution in [2.75, 3.05) is 31.8 Å². The quantitative estimate of drug-likeness (QED) is 0.378. The summed E-state index contributed by atoms with van der Waals surface area (Å²) in [6.45, 7) is 1.77. The van der Waals surface area contributed by atoms with Crippen LogP contribution in [0.4, 0.5) is 5.69 Å². The zero-order chi connectivity index (χ0) is 19.3. The number of fused-ring (bicyclic) bond motifs is 2. The van der Waals surface area contributed by atoms with Gasteiger partial charge in [-0.1, -0.05) is 24.3 Å². The lowest BCUT2D eigenvalue weighted by molar-refractivity contribution is -0.117. The first-order valence-corrected chi connectivity index (χ1v) is 9.46. The Hall–Kier alpha value is -2.49. The fourth-order valence-corrected chi connectivity index (χ4v) is 3.50. The van der Waals surface area contributed by atoms with Gasteiger partial charge in [0.15, 0.2) is 17.5 Å². The number of aryl methyl sites for hydroxylation is 1. The van der Waals surface area contributed by atoms with E-state index in [1.165, 1.54) is 5.56 Å². The van der Waals surface area contributed by atoms with Crippen LogP contribution >= 0.6 is 24.0 Å². The molecule has 29 heavy (non-hydrogen) atoms. The molecule has 2 aliphatic rings. The minimum Gasteiger partial charge on any atom is -0.454 e. The summed E-state index contributed by atoms with van der Waals surface area (Å²) in [6, 6.07) is 13.9. The van der Waals surface area contributed by atoms with Crippen molar-refractivity contribution in [1.82, 2.24) is 10.6 Å². The molecular weight excluding hydrogens is 483 g/mol. The fourth-order valence-electron chi connectivity index (χ4n) is 3.50. The van der Waals surface area contributed by atoms with Gasteiger partial charge in [0.05, 0.1) is 6.54 Å². The van der Waals surface area contributed by atoms with E-state index in [0.29, 0.717) is 12.5 Å². The molecule has 8 heteroatoms. The lowest BCUT2D eigenvalue weighted by atomic mass is 10.0. The molecule has 0 aliphatic carbocycles. The highest BCUT2D eigenvalue weighted by atomic mass is 127. The van der Waals surface area contributed by atoms with Crippen LogP contribution in [-0.2, 0) is 17.8 Å². The molecule has 7 nitrogen and oxygen atoms in total. The smallest absolute Gasteiger partial charge is 0.246 e. The summed E-state index contributed by atoms with van der Waals surface area (Å²) in [4.78, 5) is 18.8. The standard InChI is InChI=1S/C21H24N4O3.HI/c1-22-21(23-12-15-8-9-18-19(11-15)28-14-27-18)24-13-20(26)25-10-4-6-16-5-2-3-7-17(16)25;/h2-3,5,7-9,11H,4,6,10,12-14H2,1H3,(H2,22,23,24);1H. The molecule has 0 spiro atoms. The average Bonchev–Trinajstić information content (AvgIpc) is 3.21. The maximum absolute atomic E-state index is 12.7. The minimum atomic E-state index is 0. The van der Waals surface area contributed by atoms with E-state index in [9.17, 15) is 4.79 Å². The van der Waals surface area contributed by atoms with Gasteiger partial charge in [0.1, 0.15) is 0 Å². The van der Waals surface area contributed by atoms with E-state index in [1.807, 2.05) is 41.3 Å². The van der Waals surface area contributed by atoms with E-state index in [-0.39, 0.29) is 43.2 Å². The SMILES string of the molecule is CN=C(NCC(=O)N1CCCc2ccccc21)NCc1ccc2c(c1)OCO2.I. The zero-order valence-corrected chi connectivity index (χ0v) is 18.6. The summed E-state index contributed by atoms with van der Waals surface area (Å²) in [5.74, 6) is 2.13. The number of ether oxygens (including phenoxy) is 2. The normalized spacial score (nSPS) is 14.7. The Morgan fingerprint density at radius 1 is 1.14 bits per heavy atom. The highest BCUT2D eigenvalue weighted by Crippen LogP contribution is 2.32. The van der Waals surface area contributed by atoms with Gasteiger partial charge < -0.3 is 25.0 Å². The highest BCUT2D eigenvalue weighted by Gasteiger charge is 2.22. The van der Waals surface area contributed by atoms with Crippen LogP contribution in [0.25, 0.3) is 0 Å². The van der Waals surface area contributed by atoms with Crippen LogP contribution in [0, 0.1) is 0 Å². The van der Waals surface area contributed by atoms with Gasteiger partial charge in [-0.25, -0.2) is 0 Å². The minimum absolute atomic E-state index is 0. The molecule has 2 aromatic carbocycles. The van der Waals surface area contributed by atoms with Crippen LogP contribution < -0.4 is 25.0 Å². The molecule has 0 bridgehead atoms. The largest absolute Gasteiger partial charge is 0.454 e. The Morgan fingerprint density at radius 2 is 1.97 bits per heavy atom. The molecule has 0 saturated carbocycles. The molecule has 0 unspecified atom stereocenters. The van der Waals surface area contributed by atoms with Gasteiger partial charge in [-0.05, 0) is 42.2 Å². The number of nitrogens with zero attached hydrogens (tertiary/aromatic N) is 2. The molecule has 0 saturated heterocycles. The fraction of sp³-hybridized carbons (Fsp3) is 0.333. The molecule has 0 fully saturated rings. The number of amides is 1. The summed E-state index contributed by atoms with van der Waals surface area (Å²) < 4.78 is 10.7. The molecule has 2 heterocycles. The molecule has 2 aliphatic heterocycles. The van der Waals surface area contributed by atoms with Crippen molar-refractivity contribution in [2.24, 2.45) is 4.99 Å². The van der Waals surface area contributed by atoms with E-state index in [0.717, 1.165) is 42.1 Å². The third-order valence-corrected chi connectivity index (χ3v) is 4.94. The van der Waals surface area contributed by atoms with Crippen molar-refractivity contribution in [3.8, 4) is 11.5 Å². The van der Waals surface area contributed by atoms with Crippen LogP contribution in [0.5, 0.6) is 11.5 Å². The van der Waals surface area contributed by atoms with E-state index < -0.39 is 0 Å². The Kier molecular flexibility index (Phi) is 7.18. The van der Waals surface area contributed by atoms with Crippen molar-refractivity contribution in [3.63, 3.8) is 0 Å². The van der Waals surface area contributed by atoms with Gasteiger partial charge in [-0.2, -0.15) is 0 Å². The summed E-state index contributed by atoms with van der Waals surface area (Å²) in [5, 5.41) is 6.34. The predicted octanol–water partition coefficient (Wildman–Crippen LogP) is 2.68. The van der Waals surface area contributed by atoms with Gasteiger partial charge in [-0.3, -0.25) is 9.79 Å². The first-order chi connectivity index (χ1) is 13.7. The highest BCUT2D eigenvalue weighted by molar-refractivity contribution is 14.0. The van der Waals surface area contributed by atoms with Crippen LogP contribution in [0.2, 0.25) is 0 Å². The summed E-state index contributed by atoms with van der Waals surface area (Å²) in [7, 11) is 1.69. The molecular formula is C21H25IN4O3. The first kappa shape index (κ1) is 21.2. The number of guanidine groups is 1. The third-order valence-electron chi connectivity index (χ3n) is 4.94. The number of benzene rings is 2. The second kappa shape index (κ2) is 9.82. The third kappa shape index (κ3) is 4.92. The van der Waals surface area contributed by atoms with Gasteiger partial charge in [0, 0.05) is 25.8 Å². The number of hydrogen-bond donors (Lipinski definition) is 2. The second-order valence-electron chi connectivity index (χ2n) is 6.74. The molecule has 4 rings (SSSR count). The number of aliphatic imine (C=N–C) groups is 1. The molecule has 2 N–H and O–H groups in total. The number of hydrogen-bond acceptors (Lipinski definition) is 4. The lowest BCUT2D eigenvalue weighted by Crippen LogP contribution is -2.45. The molecule has 0 radical (unpaired) electrons. The van der Waals surface area contributed by atoms with Crippen molar-refractivity contribution in [2.45, 2.75) is 19.4 Å². The van der Waals surface area contributed by atoms with Gasteiger partial charge >= 0.3 is 0 Å². The molecule has 0 aromatic heterocycles. The Labute approximate surface area is 187 Å². The Balaban J connectivity index is 0.00000240. The number of halogens is 1. The van der Waals surface area contributed by atoms with Gasteiger partial charge in [0.2, 0.25) is 12.7 Å². The van der Waals surface area contributed by atoms with E-state index in [2.05, 4.69) is 21.7 Å². The monoisotopic (exact) mass is 508 g/mol. The summed E-state index contributed by atoms with van der Waals surface area (Å²) >= 11 is 0. The maximum atomic E-state index is 12.7. The van der Waals surface area contributed by atoms with E-state index in [4.69, 9.17) is 9.47 Å². The van der Waals surface area contributed by atoms with Gasteiger partial charge in [0.25, 0.3) is 0 Å². The van der Waals surface area contributed by atoms with Gasteiger partial charge in [-0.15, -0.1) is 24.0 Å². The zero-order valence-electron chi connectivity index (χ0n) is 16.3. The van der Waals surface area contributed by atoms with Crippen LogP contribution in [0.15, 0.2) is 47.5 Å². The molecule has 0 atom stereocenters. The Bertz CT molecular complexity index is 903. The van der Waals surface area contributed by atoms with Crippen molar-refractivity contribution in [1.29, 1.82) is 0 Å².